The Morgan fingerprint density at radius 1 is 1.16 bits per heavy atom. The number of amides is 1. The molecule has 0 saturated heterocycles. The summed E-state index contributed by atoms with van der Waals surface area (Å²) in [5, 5.41) is 10.5. The highest BCUT2D eigenvalue weighted by atomic mass is 79.9. The van der Waals surface area contributed by atoms with E-state index in [2.05, 4.69) is 21.4 Å². The number of aliphatic imine (C=N–C) groups is 1. The lowest BCUT2D eigenvalue weighted by atomic mass is 9.83. The molecule has 0 radical (unpaired) electrons. The first-order valence-corrected chi connectivity index (χ1v) is 13.3. The van der Waals surface area contributed by atoms with Gasteiger partial charge in [-0.3, -0.25) is 15.0 Å². The van der Waals surface area contributed by atoms with Gasteiger partial charge in [0, 0.05) is 49.1 Å². The second-order valence-electron chi connectivity index (χ2n) is 10.2. The number of halogens is 1. The molecule has 0 spiro atoms. The Morgan fingerprint density at radius 3 is 2.45 bits per heavy atom. The van der Waals surface area contributed by atoms with Crippen molar-refractivity contribution < 1.29 is 28.9 Å². The summed E-state index contributed by atoms with van der Waals surface area (Å²) in [6, 6.07) is 14.7. The van der Waals surface area contributed by atoms with E-state index in [4.69, 9.17) is 24.3 Å². The van der Waals surface area contributed by atoms with Gasteiger partial charge < -0.3 is 19.3 Å². The van der Waals surface area contributed by atoms with E-state index >= 15 is 0 Å². The van der Waals surface area contributed by atoms with Gasteiger partial charge in [-0.25, -0.2) is 10.0 Å². The molecule has 0 bridgehead atoms. The molecule has 0 unspecified atom stereocenters. The number of hydrogen-bond acceptors (Lipinski definition) is 8. The summed E-state index contributed by atoms with van der Waals surface area (Å²) in [6.45, 7) is 5.86. The number of esters is 1. The molecule has 0 saturated carbocycles. The van der Waals surface area contributed by atoms with Crippen LogP contribution in [0.1, 0.15) is 57.3 Å². The van der Waals surface area contributed by atoms with E-state index in [-0.39, 0.29) is 25.3 Å². The summed E-state index contributed by atoms with van der Waals surface area (Å²) in [5.41, 5.74) is 2.12. The molecule has 2 atom stereocenters. The molecule has 2 aromatic rings. The standard InChI is InChI=1S/C28H36BrN3O6/c1-27(2,3)38-23(34)15-16-28(26(35)31-32(4)5)24(21-9-6-7-10-22(21)29)37-25(30-28)19-11-13-20(14-12-19)36-18-8-17-33/h6-7,9-14,24,33H,8,15-18H2,1-5H3,(H,31,35)/t24-,28-/m0/s1. The molecule has 2 aromatic carbocycles. The van der Waals surface area contributed by atoms with E-state index < -0.39 is 29.1 Å². The van der Waals surface area contributed by atoms with Crippen LogP contribution in [0.25, 0.3) is 0 Å². The van der Waals surface area contributed by atoms with Crippen LogP contribution in [0.5, 0.6) is 5.75 Å². The van der Waals surface area contributed by atoms with Crippen LogP contribution in [0, 0.1) is 0 Å². The quantitative estimate of drug-likeness (QED) is 0.230. The van der Waals surface area contributed by atoms with Crippen molar-refractivity contribution in [2.75, 3.05) is 27.3 Å². The van der Waals surface area contributed by atoms with Crippen molar-refractivity contribution in [3.05, 3.63) is 64.1 Å². The zero-order valence-corrected chi connectivity index (χ0v) is 24.1. The highest BCUT2D eigenvalue weighted by molar-refractivity contribution is 9.10. The van der Waals surface area contributed by atoms with Gasteiger partial charge in [-0.15, -0.1) is 0 Å². The first kappa shape index (κ1) is 29.6. The highest BCUT2D eigenvalue weighted by Crippen LogP contribution is 2.45. The zero-order chi connectivity index (χ0) is 27.9. The molecule has 1 aliphatic heterocycles. The van der Waals surface area contributed by atoms with Gasteiger partial charge in [0.25, 0.3) is 5.91 Å². The molecule has 1 heterocycles. The SMILES string of the molecule is CN(C)NC(=O)[C@@]1(CCC(=O)OC(C)(C)C)N=C(c2ccc(OCCCO)cc2)O[C@H]1c1ccccc1Br. The molecule has 38 heavy (non-hydrogen) atoms. The lowest BCUT2D eigenvalue weighted by Gasteiger charge is -2.32. The van der Waals surface area contributed by atoms with Gasteiger partial charge >= 0.3 is 5.97 Å². The van der Waals surface area contributed by atoms with Crippen molar-refractivity contribution in [2.24, 2.45) is 4.99 Å². The second kappa shape index (κ2) is 12.7. The molecule has 1 aliphatic rings. The van der Waals surface area contributed by atoms with Gasteiger partial charge in [-0.2, -0.15) is 0 Å². The summed E-state index contributed by atoms with van der Waals surface area (Å²) in [6.07, 6.45) is -0.237. The number of benzene rings is 2. The Morgan fingerprint density at radius 2 is 1.84 bits per heavy atom. The summed E-state index contributed by atoms with van der Waals surface area (Å²) in [7, 11) is 3.42. The maximum absolute atomic E-state index is 13.8. The predicted octanol–water partition coefficient (Wildman–Crippen LogP) is 4.18. The van der Waals surface area contributed by atoms with Gasteiger partial charge in [-0.05, 0) is 57.5 Å². The average Bonchev–Trinajstić information content (AvgIpc) is 3.23. The molecule has 3 rings (SSSR count). The van der Waals surface area contributed by atoms with Crippen LogP contribution in [0.4, 0.5) is 0 Å². The molecule has 206 valence electrons. The van der Waals surface area contributed by atoms with Crippen LogP contribution in [-0.4, -0.2) is 66.3 Å². The normalized spacial score (nSPS) is 19.1. The number of carbonyl (C=O) groups is 2. The number of rotatable bonds is 11. The van der Waals surface area contributed by atoms with E-state index in [9.17, 15) is 9.59 Å². The first-order valence-electron chi connectivity index (χ1n) is 12.5. The maximum Gasteiger partial charge on any atom is 0.306 e. The van der Waals surface area contributed by atoms with E-state index in [1.807, 2.05) is 24.3 Å². The number of aliphatic hydroxyl groups is 1. The third-order valence-corrected chi connectivity index (χ3v) is 6.40. The lowest BCUT2D eigenvalue weighted by Crippen LogP contribution is -2.52. The van der Waals surface area contributed by atoms with Gasteiger partial charge in [0.05, 0.1) is 6.61 Å². The third kappa shape index (κ3) is 7.55. The minimum atomic E-state index is -1.45. The van der Waals surface area contributed by atoms with Crippen molar-refractivity contribution >= 4 is 33.7 Å². The Balaban J connectivity index is 2.03. The smallest absolute Gasteiger partial charge is 0.306 e. The zero-order valence-electron chi connectivity index (χ0n) is 22.5. The number of hydrogen-bond donors (Lipinski definition) is 2. The van der Waals surface area contributed by atoms with Crippen molar-refractivity contribution in [2.45, 2.75) is 57.3 Å². The number of aliphatic hydroxyl groups excluding tert-OH is 1. The van der Waals surface area contributed by atoms with Crippen LogP contribution < -0.4 is 10.2 Å². The van der Waals surface area contributed by atoms with E-state index in [1.54, 1.807) is 64.1 Å². The fraction of sp³-hybridized carbons (Fsp3) is 0.464. The Hall–Kier alpha value is -2.95. The monoisotopic (exact) mass is 589 g/mol. The van der Waals surface area contributed by atoms with Gasteiger partial charge in [0.1, 0.15) is 11.4 Å². The van der Waals surface area contributed by atoms with Crippen LogP contribution >= 0.6 is 15.9 Å². The topological polar surface area (TPSA) is 110 Å². The molecular formula is C28H36BrN3O6. The Labute approximate surface area is 232 Å². The van der Waals surface area contributed by atoms with Gasteiger partial charge in [0.2, 0.25) is 5.90 Å². The largest absolute Gasteiger partial charge is 0.494 e. The summed E-state index contributed by atoms with van der Waals surface area (Å²) in [5.74, 6) is 0.106. The molecule has 2 N–H and O–H groups in total. The average molecular weight is 591 g/mol. The number of nitrogens with one attached hydrogen (secondary N) is 1. The van der Waals surface area contributed by atoms with Crippen LogP contribution in [0.3, 0.4) is 0 Å². The molecule has 1 amide bonds. The van der Waals surface area contributed by atoms with Crippen molar-refractivity contribution in [1.29, 1.82) is 0 Å². The molecular weight excluding hydrogens is 554 g/mol. The summed E-state index contributed by atoms with van der Waals surface area (Å²) < 4.78 is 18.3. The van der Waals surface area contributed by atoms with E-state index in [1.165, 1.54) is 0 Å². The molecule has 0 aromatic heterocycles. The second-order valence-corrected chi connectivity index (χ2v) is 11.1. The Bertz CT molecular complexity index is 1150. The third-order valence-electron chi connectivity index (χ3n) is 5.67. The van der Waals surface area contributed by atoms with Crippen molar-refractivity contribution in [3.8, 4) is 5.75 Å². The van der Waals surface area contributed by atoms with Crippen molar-refractivity contribution in [3.63, 3.8) is 0 Å². The fourth-order valence-electron chi connectivity index (χ4n) is 4.02. The maximum atomic E-state index is 13.8. The molecule has 9 nitrogen and oxygen atoms in total. The fourth-order valence-corrected chi connectivity index (χ4v) is 4.51. The van der Waals surface area contributed by atoms with E-state index in [0.29, 0.717) is 24.3 Å². The van der Waals surface area contributed by atoms with Crippen LogP contribution in [0.2, 0.25) is 0 Å². The summed E-state index contributed by atoms with van der Waals surface area (Å²) >= 11 is 3.59. The number of hydrazine groups is 1. The highest BCUT2D eigenvalue weighted by Gasteiger charge is 2.54. The number of nitrogens with zero attached hydrogens (tertiary/aromatic N) is 2. The van der Waals surface area contributed by atoms with Gasteiger partial charge in [0.15, 0.2) is 11.6 Å². The van der Waals surface area contributed by atoms with Gasteiger partial charge in [-0.1, -0.05) is 34.1 Å². The first-order chi connectivity index (χ1) is 17.9. The number of ether oxygens (including phenoxy) is 3. The molecule has 10 heteroatoms. The Kier molecular flexibility index (Phi) is 9.92. The van der Waals surface area contributed by atoms with Crippen LogP contribution in [-0.2, 0) is 19.1 Å². The minimum absolute atomic E-state index is 0.0309. The molecule has 0 fully saturated rings. The van der Waals surface area contributed by atoms with Crippen molar-refractivity contribution in [1.82, 2.24) is 10.4 Å². The number of carbonyl (C=O) groups excluding carboxylic acids is 2. The summed E-state index contributed by atoms with van der Waals surface area (Å²) in [4.78, 5) is 31.4. The minimum Gasteiger partial charge on any atom is -0.494 e. The van der Waals surface area contributed by atoms with Crippen LogP contribution in [0.15, 0.2) is 58.0 Å². The van der Waals surface area contributed by atoms with E-state index in [0.717, 1.165) is 10.0 Å². The lowest BCUT2D eigenvalue weighted by molar-refractivity contribution is -0.155. The molecule has 0 aliphatic carbocycles. The predicted molar refractivity (Wildman–Crippen MR) is 148 cm³/mol.